The number of para-hydroxylation sites is 2. The number of nitrogens with two attached hydrogens (primary N) is 1. The van der Waals surface area contributed by atoms with Crippen molar-refractivity contribution < 1.29 is 14.3 Å². The molecule has 2 aromatic rings. The van der Waals surface area contributed by atoms with Gasteiger partial charge in [-0.2, -0.15) is 0 Å². The van der Waals surface area contributed by atoms with Gasteiger partial charge in [0.1, 0.15) is 11.5 Å². The zero-order chi connectivity index (χ0) is 15.5. The highest BCUT2D eigenvalue weighted by Crippen LogP contribution is 2.38. The molecule has 1 aliphatic heterocycles. The lowest BCUT2D eigenvalue weighted by molar-refractivity contribution is -0.126. The van der Waals surface area contributed by atoms with E-state index in [0.29, 0.717) is 18.8 Å². The van der Waals surface area contributed by atoms with Crippen LogP contribution in [-0.4, -0.2) is 26.1 Å². The van der Waals surface area contributed by atoms with E-state index in [4.69, 9.17) is 15.2 Å². The molecule has 0 saturated carbocycles. The fraction of sp³-hybridized carbons (Fsp3) is 0.235. The number of hydrogen-bond donors (Lipinski definition) is 1. The third kappa shape index (κ3) is 2.51. The van der Waals surface area contributed by atoms with E-state index in [1.807, 2.05) is 48.5 Å². The number of nitrogens with zero attached hydrogens (tertiary/aromatic N) is 1. The van der Waals surface area contributed by atoms with Crippen molar-refractivity contribution >= 4 is 11.6 Å². The van der Waals surface area contributed by atoms with Crippen molar-refractivity contribution in [3.8, 4) is 11.5 Å². The Morgan fingerprint density at radius 1 is 1.18 bits per heavy atom. The van der Waals surface area contributed by atoms with E-state index >= 15 is 0 Å². The summed E-state index contributed by atoms with van der Waals surface area (Å²) in [6, 6.07) is 14.8. The van der Waals surface area contributed by atoms with Crippen molar-refractivity contribution in [1.29, 1.82) is 0 Å². The van der Waals surface area contributed by atoms with E-state index in [-0.39, 0.29) is 5.91 Å². The number of hydrogen-bond acceptors (Lipinski definition) is 4. The van der Waals surface area contributed by atoms with Crippen LogP contribution in [0.3, 0.4) is 0 Å². The number of anilines is 1. The number of fused-ring (bicyclic) bond motifs is 1. The van der Waals surface area contributed by atoms with Gasteiger partial charge in [-0.3, -0.25) is 4.79 Å². The van der Waals surface area contributed by atoms with Crippen LogP contribution < -0.4 is 20.1 Å². The lowest BCUT2D eigenvalue weighted by Crippen LogP contribution is -2.43. The summed E-state index contributed by atoms with van der Waals surface area (Å²) in [6.45, 7) is 0.862. The number of ether oxygens (including phenoxy) is 2. The van der Waals surface area contributed by atoms with Crippen LogP contribution in [0, 0.1) is 0 Å². The number of amides is 1. The largest absolute Gasteiger partial charge is 0.497 e. The molecule has 0 radical (unpaired) electrons. The summed E-state index contributed by atoms with van der Waals surface area (Å²) in [5.74, 6) is 1.33. The first-order chi connectivity index (χ1) is 10.7. The Hall–Kier alpha value is -2.53. The van der Waals surface area contributed by atoms with Gasteiger partial charge in [-0.25, -0.2) is 0 Å². The van der Waals surface area contributed by atoms with E-state index in [1.165, 1.54) is 0 Å². The van der Waals surface area contributed by atoms with Crippen LogP contribution in [-0.2, 0) is 4.79 Å². The van der Waals surface area contributed by atoms with Crippen molar-refractivity contribution in [3.63, 3.8) is 0 Å². The molecule has 1 aliphatic rings. The van der Waals surface area contributed by atoms with Crippen LogP contribution in [0.1, 0.15) is 11.7 Å². The highest BCUT2D eigenvalue weighted by Gasteiger charge is 2.34. The lowest BCUT2D eigenvalue weighted by Gasteiger charge is -2.34. The number of benzene rings is 2. The van der Waals surface area contributed by atoms with Crippen LogP contribution in [0.5, 0.6) is 11.5 Å². The maximum Gasteiger partial charge on any atom is 0.272 e. The second-order valence-corrected chi connectivity index (χ2v) is 5.02. The summed E-state index contributed by atoms with van der Waals surface area (Å²) in [5.41, 5.74) is 7.21. The Morgan fingerprint density at radius 2 is 1.91 bits per heavy atom. The summed E-state index contributed by atoms with van der Waals surface area (Å²) in [6.07, 6.45) is -0.660. The molecule has 0 aromatic heterocycles. The molecule has 3 rings (SSSR count). The third-order valence-electron chi connectivity index (χ3n) is 3.66. The average Bonchev–Trinajstić information content (AvgIpc) is 2.57. The predicted molar refractivity (Wildman–Crippen MR) is 84.2 cm³/mol. The molecular formula is C17H18N2O3. The first-order valence-corrected chi connectivity index (χ1v) is 7.15. The first-order valence-electron chi connectivity index (χ1n) is 7.15. The molecule has 1 atom stereocenters. The SMILES string of the molecule is COc1ccc(C2Oc3ccccc3N(CCN)C2=O)cc1. The van der Waals surface area contributed by atoms with Crippen molar-refractivity contribution in [1.82, 2.24) is 0 Å². The molecule has 5 nitrogen and oxygen atoms in total. The molecule has 0 aliphatic carbocycles. The van der Waals surface area contributed by atoms with Crippen molar-refractivity contribution in [2.45, 2.75) is 6.10 Å². The second-order valence-electron chi connectivity index (χ2n) is 5.02. The Bertz CT molecular complexity index is 670. The highest BCUT2D eigenvalue weighted by molar-refractivity contribution is 6.00. The minimum atomic E-state index is -0.660. The van der Waals surface area contributed by atoms with Gasteiger partial charge in [0.2, 0.25) is 6.10 Å². The van der Waals surface area contributed by atoms with Gasteiger partial charge < -0.3 is 20.1 Å². The molecule has 5 heteroatoms. The predicted octanol–water partition coefficient (Wildman–Crippen LogP) is 2.12. The van der Waals surface area contributed by atoms with Gasteiger partial charge in [0.25, 0.3) is 5.91 Å². The van der Waals surface area contributed by atoms with Gasteiger partial charge in [-0.1, -0.05) is 24.3 Å². The van der Waals surface area contributed by atoms with Crippen LogP contribution in [0.4, 0.5) is 5.69 Å². The zero-order valence-electron chi connectivity index (χ0n) is 12.4. The van der Waals surface area contributed by atoms with E-state index < -0.39 is 6.10 Å². The molecule has 0 spiro atoms. The normalized spacial score (nSPS) is 16.9. The fourth-order valence-electron chi connectivity index (χ4n) is 2.57. The summed E-state index contributed by atoms with van der Waals surface area (Å²) in [4.78, 5) is 14.4. The van der Waals surface area contributed by atoms with Gasteiger partial charge in [0.15, 0.2) is 0 Å². The highest BCUT2D eigenvalue weighted by atomic mass is 16.5. The molecule has 114 valence electrons. The molecule has 0 saturated heterocycles. The van der Waals surface area contributed by atoms with E-state index in [2.05, 4.69) is 0 Å². The molecule has 0 bridgehead atoms. The van der Waals surface area contributed by atoms with Gasteiger partial charge in [0, 0.05) is 18.7 Å². The number of carbonyl (C=O) groups excluding carboxylic acids is 1. The monoisotopic (exact) mass is 298 g/mol. The molecule has 1 heterocycles. The molecule has 0 fully saturated rings. The Labute approximate surface area is 129 Å². The zero-order valence-corrected chi connectivity index (χ0v) is 12.4. The van der Waals surface area contributed by atoms with Gasteiger partial charge in [-0.05, 0) is 24.3 Å². The average molecular weight is 298 g/mol. The Morgan fingerprint density at radius 3 is 2.59 bits per heavy atom. The summed E-state index contributed by atoms with van der Waals surface area (Å²) >= 11 is 0. The van der Waals surface area contributed by atoms with E-state index in [9.17, 15) is 4.79 Å². The molecule has 22 heavy (non-hydrogen) atoms. The minimum Gasteiger partial charge on any atom is -0.497 e. The molecule has 1 unspecified atom stereocenters. The van der Waals surface area contributed by atoms with Crippen molar-refractivity contribution in [3.05, 3.63) is 54.1 Å². The first kappa shape index (κ1) is 14.4. The topological polar surface area (TPSA) is 64.8 Å². The molecule has 1 amide bonds. The van der Waals surface area contributed by atoms with Crippen LogP contribution >= 0.6 is 0 Å². The third-order valence-corrected chi connectivity index (χ3v) is 3.66. The minimum absolute atomic E-state index is 0.102. The van der Waals surface area contributed by atoms with Crippen molar-refractivity contribution in [2.24, 2.45) is 5.73 Å². The van der Waals surface area contributed by atoms with Gasteiger partial charge >= 0.3 is 0 Å². The smallest absolute Gasteiger partial charge is 0.272 e. The molecular weight excluding hydrogens is 280 g/mol. The van der Waals surface area contributed by atoms with Crippen molar-refractivity contribution in [2.75, 3.05) is 25.1 Å². The van der Waals surface area contributed by atoms with E-state index in [0.717, 1.165) is 17.0 Å². The maximum atomic E-state index is 12.7. The van der Waals surface area contributed by atoms with Gasteiger partial charge in [0.05, 0.1) is 12.8 Å². The number of rotatable bonds is 4. The number of methoxy groups -OCH3 is 1. The van der Waals surface area contributed by atoms with Crippen LogP contribution in [0.15, 0.2) is 48.5 Å². The Kier molecular flexibility index (Phi) is 3.98. The van der Waals surface area contributed by atoms with Gasteiger partial charge in [-0.15, -0.1) is 0 Å². The van der Waals surface area contributed by atoms with E-state index in [1.54, 1.807) is 12.0 Å². The summed E-state index contributed by atoms with van der Waals surface area (Å²) in [5, 5.41) is 0. The molecule has 2 N–H and O–H groups in total. The fourth-order valence-corrected chi connectivity index (χ4v) is 2.57. The summed E-state index contributed by atoms with van der Waals surface area (Å²) in [7, 11) is 1.61. The van der Waals surface area contributed by atoms with Crippen LogP contribution in [0.2, 0.25) is 0 Å². The second kappa shape index (κ2) is 6.07. The van der Waals surface area contributed by atoms with Crippen LogP contribution in [0.25, 0.3) is 0 Å². The lowest BCUT2D eigenvalue weighted by atomic mass is 10.1. The Balaban J connectivity index is 1.97. The maximum absolute atomic E-state index is 12.7. The summed E-state index contributed by atoms with van der Waals surface area (Å²) < 4.78 is 11.1. The number of carbonyl (C=O) groups is 1. The quantitative estimate of drug-likeness (QED) is 0.939. The standard InChI is InChI=1S/C17H18N2O3/c1-21-13-8-6-12(7-9-13)16-17(20)19(11-10-18)14-4-2-3-5-15(14)22-16/h2-9,16H,10-11,18H2,1H3. The molecule has 2 aromatic carbocycles.